The number of urea groups is 2. The number of nitrogens with one attached hydrogen (secondary N) is 2. The van der Waals surface area contributed by atoms with Crippen LogP contribution in [0.3, 0.4) is 0 Å². The molecule has 2 atom stereocenters. The molecule has 0 aromatic carbocycles. The van der Waals surface area contributed by atoms with E-state index in [1.807, 2.05) is 84.5 Å². The van der Waals surface area contributed by atoms with Crippen molar-refractivity contribution < 1.29 is 18.9 Å². The number of aromatic nitrogens is 10. The monoisotopic (exact) mass is 886 g/mol. The van der Waals surface area contributed by atoms with E-state index in [1.54, 1.807) is 43.8 Å². The van der Waals surface area contributed by atoms with Gasteiger partial charge in [0.1, 0.15) is 10.8 Å². The molecule has 5 aliphatic heterocycles. The zero-order valence-corrected chi connectivity index (χ0v) is 37.1. The molecule has 6 aromatic heterocycles. The third kappa shape index (κ3) is 8.52. The molecule has 0 unspecified atom stereocenters. The van der Waals surface area contributed by atoms with Crippen LogP contribution in [0.2, 0.25) is 5.15 Å². The third-order valence-electron chi connectivity index (χ3n) is 12.1. The van der Waals surface area contributed by atoms with Crippen LogP contribution < -0.4 is 35.8 Å². The fourth-order valence-electron chi connectivity index (χ4n) is 8.20. The van der Waals surface area contributed by atoms with E-state index in [0.29, 0.717) is 28.4 Å². The molecule has 20 nitrogen and oxygen atoms in total. The summed E-state index contributed by atoms with van der Waals surface area (Å²) in [5.74, 6) is 2.10. The van der Waals surface area contributed by atoms with Gasteiger partial charge in [0.25, 0.3) is 0 Å². The smallest absolute Gasteiger partial charge is 0.398 e. The molecule has 11 heterocycles. The Labute approximate surface area is 375 Å². The summed E-state index contributed by atoms with van der Waals surface area (Å²) in [6.45, 7) is 11.6. The normalized spacial score (nSPS) is 19.5. The highest BCUT2D eigenvalue weighted by Gasteiger charge is 2.52. The van der Waals surface area contributed by atoms with Crippen LogP contribution in [0, 0.1) is 0 Å². The van der Waals surface area contributed by atoms with Gasteiger partial charge in [0.2, 0.25) is 0 Å². The van der Waals surface area contributed by atoms with Crippen molar-refractivity contribution in [3.8, 4) is 11.4 Å². The van der Waals surface area contributed by atoms with Crippen molar-refractivity contribution in [3.05, 3.63) is 91.1 Å². The second kappa shape index (κ2) is 17.1. The molecule has 4 bridgehead atoms. The highest BCUT2D eigenvalue weighted by molar-refractivity contribution is 6.61. The minimum Gasteiger partial charge on any atom is -0.398 e. The molecule has 11 rings (SSSR count). The fraction of sp³-hybridized carbons (Fsp3) is 0.381. The maximum absolute atomic E-state index is 13.0. The van der Waals surface area contributed by atoms with Crippen LogP contribution in [-0.4, -0.2) is 118 Å². The Morgan fingerprint density at radius 3 is 1.72 bits per heavy atom. The second-order valence-corrected chi connectivity index (χ2v) is 17.3. The van der Waals surface area contributed by atoms with Crippen molar-refractivity contribution in [1.82, 2.24) is 49.5 Å². The van der Waals surface area contributed by atoms with E-state index >= 15 is 0 Å². The Morgan fingerprint density at radius 1 is 0.688 bits per heavy atom. The number of amides is 4. The van der Waals surface area contributed by atoms with Crippen LogP contribution in [0.4, 0.5) is 44.2 Å². The van der Waals surface area contributed by atoms with E-state index in [9.17, 15) is 9.59 Å². The van der Waals surface area contributed by atoms with E-state index in [2.05, 4.69) is 55.6 Å². The molecular formula is C42H48BClN16O4. The first-order chi connectivity index (χ1) is 30.7. The molecule has 0 radical (unpaired) electrons. The van der Waals surface area contributed by atoms with E-state index in [-0.39, 0.29) is 42.5 Å². The summed E-state index contributed by atoms with van der Waals surface area (Å²) in [4.78, 5) is 59.0. The van der Waals surface area contributed by atoms with Crippen LogP contribution in [-0.2, 0) is 23.4 Å². The van der Waals surface area contributed by atoms with Crippen molar-refractivity contribution in [2.24, 2.45) is 14.1 Å². The zero-order chi connectivity index (χ0) is 44.8. The summed E-state index contributed by atoms with van der Waals surface area (Å²) >= 11 is 6.01. The number of carbonyl (C=O) groups is 2. The fourth-order valence-corrected chi connectivity index (χ4v) is 8.35. The van der Waals surface area contributed by atoms with E-state index in [0.717, 1.165) is 67.4 Å². The molecule has 5 aliphatic rings. The lowest BCUT2D eigenvalue weighted by Gasteiger charge is -2.35. The third-order valence-corrected chi connectivity index (χ3v) is 12.3. The minimum atomic E-state index is -0.351. The van der Waals surface area contributed by atoms with Gasteiger partial charge in [-0.2, -0.15) is 10.2 Å². The lowest BCUT2D eigenvalue weighted by atomic mass is 9.85. The van der Waals surface area contributed by atoms with Gasteiger partial charge in [0.05, 0.1) is 58.3 Å². The number of halogens is 1. The Hall–Kier alpha value is -6.71. The zero-order valence-electron chi connectivity index (χ0n) is 36.3. The van der Waals surface area contributed by atoms with Gasteiger partial charge in [-0.05, 0) is 76.9 Å². The number of hydrogen-bond acceptors (Lipinski definition) is 14. The molecule has 22 heteroatoms. The molecule has 0 spiro atoms. The summed E-state index contributed by atoms with van der Waals surface area (Å²) in [5.41, 5.74) is 3.67. The minimum absolute atomic E-state index is 0.0839. The molecule has 0 saturated carbocycles. The first-order valence-electron chi connectivity index (χ1n) is 21.0. The standard InChI is InChI=1S/C18H18N8O.C14H13ClN6O.C10H17BN2O2/c1-24-8-5-14(23-24)13-2-3-15-17(21-13)26(12-4-9-25(15)11-12)18(27)22-16-10-19-6-7-20-16;15-11-2-1-10-13(18-11)21(9-3-6-20(10)8-9)14(22)19-12-7-16-4-5-17-12;1-9(2)10(3,4)15-11(14-9)8-6-7-13(5)12-8/h2-3,5-8,10,12H,4,9,11H2,1H3,(H,20,22,27);1-2,4-5,7,9H,3,6,8H2,(H,17,19,22);6-7H,1-5H3/t12-;9-;/m00./s1. The van der Waals surface area contributed by atoms with Gasteiger partial charge in [-0.25, -0.2) is 29.5 Å². The van der Waals surface area contributed by atoms with Crippen molar-refractivity contribution in [3.63, 3.8) is 0 Å². The van der Waals surface area contributed by atoms with Crippen molar-refractivity contribution in [1.29, 1.82) is 0 Å². The predicted octanol–water partition coefficient (Wildman–Crippen LogP) is 4.78. The highest BCUT2D eigenvalue weighted by atomic mass is 35.5. The van der Waals surface area contributed by atoms with E-state index in [1.165, 1.54) is 18.6 Å². The summed E-state index contributed by atoms with van der Waals surface area (Å²) in [7, 11) is 3.40. The predicted molar refractivity (Wildman–Crippen MR) is 243 cm³/mol. The molecule has 3 saturated heterocycles. The van der Waals surface area contributed by atoms with Gasteiger partial charge in [-0.1, -0.05) is 11.6 Å². The number of rotatable bonds is 4. The quantitative estimate of drug-likeness (QED) is 0.181. The second-order valence-electron chi connectivity index (χ2n) is 17.0. The largest absolute Gasteiger partial charge is 0.516 e. The topological polar surface area (TPSA) is 203 Å². The van der Waals surface area contributed by atoms with Gasteiger partial charge in [-0.3, -0.25) is 39.8 Å². The van der Waals surface area contributed by atoms with Crippen LogP contribution in [0.5, 0.6) is 0 Å². The molecule has 3 fully saturated rings. The van der Waals surface area contributed by atoms with Gasteiger partial charge < -0.3 is 19.1 Å². The SMILES string of the molecule is Cn1ccc(-c2ccc3c(n2)N(C(=O)Nc2cnccn2)[C@H]2CCN3C2)n1.Cn1ccc(B2OC(C)(C)C(C)(C)O2)n1.O=C(Nc1cnccn1)N1c2nc(Cl)ccc2N2CC[C@H]1C2. The lowest BCUT2D eigenvalue weighted by Crippen LogP contribution is -2.48. The van der Waals surface area contributed by atoms with Gasteiger partial charge >= 0.3 is 19.2 Å². The number of aryl methyl sites for hydroxylation is 2. The van der Waals surface area contributed by atoms with Crippen molar-refractivity contribution in [2.45, 2.75) is 63.8 Å². The Balaban J connectivity index is 0.000000127. The molecule has 0 aliphatic carbocycles. The molecule has 6 aromatic rings. The Morgan fingerprint density at radius 2 is 1.22 bits per heavy atom. The van der Waals surface area contributed by atoms with E-state index < -0.39 is 0 Å². The number of fused-ring (bicyclic) bond motifs is 8. The first kappa shape index (κ1) is 42.6. The van der Waals surface area contributed by atoms with Crippen molar-refractivity contribution >= 4 is 71.0 Å². The maximum atomic E-state index is 13.0. The first-order valence-corrected chi connectivity index (χ1v) is 21.4. The van der Waals surface area contributed by atoms with Crippen LogP contribution >= 0.6 is 11.6 Å². The summed E-state index contributed by atoms with van der Waals surface area (Å²) in [6, 6.07) is 11.1. The van der Waals surface area contributed by atoms with Gasteiger partial charge in [-0.15, -0.1) is 0 Å². The number of pyridine rings is 2. The average molecular weight is 887 g/mol. The number of nitrogens with zero attached hydrogens (tertiary/aromatic N) is 14. The van der Waals surface area contributed by atoms with Crippen LogP contribution in [0.1, 0.15) is 40.5 Å². The number of hydrogen-bond donors (Lipinski definition) is 2. The number of carbonyl (C=O) groups excluding carboxylic acids is 2. The summed E-state index contributed by atoms with van der Waals surface area (Å²) in [5, 5.41) is 14.7. The van der Waals surface area contributed by atoms with Crippen molar-refractivity contribution in [2.75, 3.05) is 56.4 Å². The molecule has 64 heavy (non-hydrogen) atoms. The van der Waals surface area contributed by atoms with Gasteiger partial charge in [0, 0.05) is 77.5 Å². The molecule has 4 amide bonds. The Bertz CT molecular complexity index is 2630. The summed E-state index contributed by atoms with van der Waals surface area (Å²) < 4.78 is 15.2. The molecule has 2 N–H and O–H groups in total. The lowest BCUT2D eigenvalue weighted by molar-refractivity contribution is 0.00578. The van der Waals surface area contributed by atoms with Gasteiger partial charge in [0.15, 0.2) is 23.3 Å². The number of anilines is 6. The average Bonchev–Trinajstić information content (AvgIpc) is 4.12. The van der Waals surface area contributed by atoms with Crippen LogP contribution in [0.25, 0.3) is 11.4 Å². The molecular weight excluding hydrogens is 839 g/mol. The van der Waals surface area contributed by atoms with Crippen LogP contribution in [0.15, 0.2) is 86.0 Å². The summed E-state index contributed by atoms with van der Waals surface area (Å²) in [6.07, 6.45) is 14.8. The Kier molecular flexibility index (Phi) is 11.4. The molecule has 330 valence electrons. The van der Waals surface area contributed by atoms with E-state index in [4.69, 9.17) is 25.9 Å². The maximum Gasteiger partial charge on any atom is 0.516 e. The highest BCUT2D eigenvalue weighted by Crippen LogP contribution is 2.41.